The highest BCUT2D eigenvalue weighted by Gasteiger charge is 2.30. The molecule has 3 nitrogen and oxygen atoms in total. The van der Waals surface area contributed by atoms with Gasteiger partial charge in [0.1, 0.15) is 0 Å². The molecule has 1 heterocycles. The highest BCUT2D eigenvalue weighted by molar-refractivity contribution is 6.04. The topological polar surface area (TPSA) is 37.4 Å². The van der Waals surface area contributed by atoms with Crippen molar-refractivity contribution in [2.75, 3.05) is 0 Å². The van der Waals surface area contributed by atoms with Crippen LogP contribution in [0.3, 0.4) is 0 Å². The van der Waals surface area contributed by atoms with E-state index in [1.807, 2.05) is 32.1 Å². The molecule has 0 spiro atoms. The van der Waals surface area contributed by atoms with Crippen molar-refractivity contribution < 1.29 is 9.59 Å². The Labute approximate surface area is 89.8 Å². The van der Waals surface area contributed by atoms with Gasteiger partial charge in [0.25, 0.3) is 0 Å². The summed E-state index contributed by atoms with van der Waals surface area (Å²) in [5.41, 5.74) is 0.642. The number of carbonyl (C=O) groups is 2. The quantitative estimate of drug-likeness (QED) is 0.523. The molecule has 0 bridgehead atoms. The lowest BCUT2D eigenvalue weighted by molar-refractivity contribution is -0.135. The highest BCUT2D eigenvalue weighted by atomic mass is 16.2. The van der Waals surface area contributed by atoms with Gasteiger partial charge in [-0.2, -0.15) is 0 Å². The number of imide groups is 1. The third-order valence-corrected chi connectivity index (χ3v) is 2.11. The lowest BCUT2D eigenvalue weighted by atomic mass is 10.3. The molecule has 2 amide bonds. The average Bonchev–Trinajstić information content (AvgIpc) is 2.54. The maximum absolute atomic E-state index is 11.5. The molecule has 1 rings (SSSR count). The van der Waals surface area contributed by atoms with E-state index in [0.717, 1.165) is 0 Å². The molecule has 0 aromatic heterocycles. The molecule has 0 aromatic carbocycles. The summed E-state index contributed by atoms with van der Waals surface area (Å²) in [4.78, 5) is 24.2. The molecular weight excluding hydrogens is 190 g/mol. The van der Waals surface area contributed by atoms with Crippen molar-refractivity contribution in [1.82, 2.24) is 4.90 Å². The van der Waals surface area contributed by atoms with E-state index in [0.29, 0.717) is 18.5 Å². The molecule has 0 radical (unpaired) electrons. The second kappa shape index (κ2) is 5.29. The van der Waals surface area contributed by atoms with Crippen LogP contribution in [0.15, 0.2) is 36.1 Å². The standard InChI is InChI=1S/C12H15NO2/c1-3-5-7-10(6-4-2)13-11(14)8-9-12(13)15/h3-7H,8-9H2,1-2H3/b5-3-,6-4-,10-7+. The fourth-order valence-corrected chi connectivity index (χ4v) is 1.43. The minimum atomic E-state index is -0.117. The van der Waals surface area contributed by atoms with Crippen LogP contribution in [0.2, 0.25) is 0 Å². The van der Waals surface area contributed by atoms with Crippen molar-refractivity contribution in [2.24, 2.45) is 0 Å². The molecule has 0 unspecified atom stereocenters. The molecule has 1 saturated heterocycles. The van der Waals surface area contributed by atoms with Gasteiger partial charge in [0.05, 0.1) is 5.70 Å². The van der Waals surface area contributed by atoms with Gasteiger partial charge in [0.2, 0.25) is 11.8 Å². The summed E-state index contributed by atoms with van der Waals surface area (Å²) in [5, 5.41) is 0. The van der Waals surface area contributed by atoms with Crippen LogP contribution in [0, 0.1) is 0 Å². The predicted molar refractivity (Wildman–Crippen MR) is 58.8 cm³/mol. The van der Waals surface area contributed by atoms with Crippen LogP contribution in [0.4, 0.5) is 0 Å². The van der Waals surface area contributed by atoms with Gasteiger partial charge in [-0.1, -0.05) is 18.2 Å². The molecular formula is C12H15NO2. The van der Waals surface area contributed by atoms with E-state index >= 15 is 0 Å². The number of hydrogen-bond acceptors (Lipinski definition) is 2. The molecule has 0 aliphatic carbocycles. The van der Waals surface area contributed by atoms with Crippen molar-refractivity contribution in [3.63, 3.8) is 0 Å². The van der Waals surface area contributed by atoms with Crippen LogP contribution in [0.5, 0.6) is 0 Å². The Hall–Kier alpha value is -1.64. The van der Waals surface area contributed by atoms with Crippen molar-refractivity contribution in [3.8, 4) is 0 Å². The molecule has 3 heteroatoms. The van der Waals surface area contributed by atoms with Crippen LogP contribution in [0.25, 0.3) is 0 Å². The molecule has 1 aliphatic heterocycles. The van der Waals surface area contributed by atoms with Crippen LogP contribution in [0.1, 0.15) is 26.7 Å². The third-order valence-electron chi connectivity index (χ3n) is 2.11. The van der Waals surface area contributed by atoms with E-state index in [-0.39, 0.29) is 11.8 Å². The largest absolute Gasteiger partial charge is 0.274 e. The van der Waals surface area contributed by atoms with Crippen molar-refractivity contribution in [2.45, 2.75) is 26.7 Å². The smallest absolute Gasteiger partial charge is 0.234 e. The number of nitrogens with zero attached hydrogens (tertiary/aromatic N) is 1. The molecule has 0 atom stereocenters. The van der Waals surface area contributed by atoms with E-state index in [1.54, 1.807) is 12.2 Å². The van der Waals surface area contributed by atoms with E-state index in [2.05, 4.69) is 0 Å². The number of rotatable bonds is 3. The zero-order valence-electron chi connectivity index (χ0n) is 9.06. The summed E-state index contributed by atoms with van der Waals surface area (Å²) in [7, 11) is 0. The van der Waals surface area contributed by atoms with Crippen LogP contribution in [-0.4, -0.2) is 16.7 Å². The zero-order valence-corrected chi connectivity index (χ0v) is 9.06. The third kappa shape index (κ3) is 2.65. The Morgan fingerprint density at radius 2 is 1.73 bits per heavy atom. The lowest BCUT2D eigenvalue weighted by Crippen LogP contribution is -2.27. The Bertz CT molecular complexity index is 335. The first-order valence-electron chi connectivity index (χ1n) is 5.02. The first kappa shape index (κ1) is 11.4. The fraction of sp³-hybridized carbons (Fsp3) is 0.333. The van der Waals surface area contributed by atoms with Crippen molar-refractivity contribution >= 4 is 11.8 Å². The van der Waals surface area contributed by atoms with Crippen molar-refractivity contribution in [1.29, 1.82) is 0 Å². The SMILES string of the molecule is C\C=C/C=C(\C=C/C)N1C(=O)CCC1=O. The van der Waals surface area contributed by atoms with Gasteiger partial charge in [-0.05, 0) is 26.0 Å². The second-order valence-corrected chi connectivity index (χ2v) is 3.24. The maximum Gasteiger partial charge on any atom is 0.234 e. The number of allylic oxidation sites excluding steroid dienone is 5. The summed E-state index contributed by atoms with van der Waals surface area (Å²) < 4.78 is 0. The monoisotopic (exact) mass is 205 g/mol. The van der Waals surface area contributed by atoms with Crippen molar-refractivity contribution in [3.05, 3.63) is 36.1 Å². The highest BCUT2D eigenvalue weighted by Crippen LogP contribution is 2.18. The van der Waals surface area contributed by atoms with Gasteiger partial charge >= 0.3 is 0 Å². The van der Waals surface area contributed by atoms with Gasteiger partial charge in [0, 0.05) is 12.8 Å². The van der Waals surface area contributed by atoms with E-state index in [4.69, 9.17) is 0 Å². The molecule has 80 valence electrons. The molecule has 0 aromatic rings. The van der Waals surface area contributed by atoms with Gasteiger partial charge in [0.15, 0.2) is 0 Å². The summed E-state index contributed by atoms with van der Waals surface area (Å²) in [6.07, 6.45) is 9.66. The number of hydrogen-bond donors (Lipinski definition) is 0. The summed E-state index contributed by atoms with van der Waals surface area (Å²) in [6, 6.07) is 0. The fourth-order valence-electron chi connectivity index (χ4n) is 1.43. The average molecular weight is 205 g/mol. The van der Waals surface area contributed by atoms with E-state index in [1.165, 1.54) is 4.90 Å². The zero-order chi connectivity index (χ0) is 11.3. The van der Waals surface area contributed by atoms with E-state index in [9.17, 15) is 9.59 Å². The Morgan fingerprint density at radius 1 is 1.13 bits per heavy atom. The van der Waals surface area contributed by atoms with Gasteiger partial charge in [-0.3, -0.25) is 14.5 Å². The van der Waals surface area contributed by atoms with Gasteiger partial charge in [-0.15, -0.1) is 0 Å². The normalized spacial score (nSPS) is 18.8. The van der Waals surface area contributed by atoms with Gasteiger partial charge < -0.3 is 0 Å². The van der Waals surface area contributed by atoms with Crippen LogP contribution in [-0.2, 0) is 9.59 Å². The summed E-state index contributed by atoms with van der Waals surface area (Å²) in [5.74, 6) is -0.234. The Morgan fingerprint density at radius 3 is 2.20 bits per heavy atom. The number of carbonyl (C=O) groups excluding carboxylic acids is 2. The second-order valence-electron chi connectivity index (χ2n) is 3.24. The Balaban J connectivity index is 2.98. The maximum atomic E-state index is 11.5. The van der Waals surface area contributed by atoms with Crippen LogP contribution < -0.4 is 0 Å². The van der Waals surface area contributed by atoms with Crippen LogP contribution >= 0.6 is 0 Å². The predicted octanol–water partition coefficient (Wildman–Crippen LogP) is 2.17. The molecule has 15 heavy (non-hydrogen) atoms. The summed E-state index contributed by atoms with van der Waals surface area (Å²) in [6.45, 7) is 3.74. The lowest BCUT2D eigenvalue weighted by Gasteiger charge is -2.14. The molecule has 1 fully saturated rings. The molecule has 0 N–H and O–H groups in total. The first-order chi connectivity index (χ1) is 7.20. The first-order valence-corrected chi connectivity index (χ1v) is 5.02. The Kier molecular flexibility index (Phi) is 4.03. The van der Waals surface area contributed by atoms with Gasteiger partial charge in [-0.25, -0.2) is 0 Å². The minimum absolute atomic E-state index is 0.117. The molecule has 0 saturated carbocycles. The minimum Gasteiger partial charge on any atom is -0.274 e. The molecule has 1 aliphatic rings. The van der Waals surface area contributed by atoms with E-state index < -0.39 is 0 Å². The number of amides is 2. The number of likely N-dealkylation sites (tertiary alicyclic amines) is 1. The summed E-state index contributed by atoms with van der Waals surface area (Å²) >= 11 is 0.